The van der Waals surface area contributed by atoms with Gasteiger partial charge in [-0.15, -0.1) is 0 Å². The van der Waals surface area contributed by atoms with E-state index in [0.717, 1.165) is 20.5 Å². The second-order valence-electron chi connectivity index (χ2n) is 6.04. The zero-order valence-electron chi connectivity index (χ0n) is 15.4. The first kappa shape index (κ1) is 20.0. The Morgan fingerprint density at radius 3 is 2.54 bits per heavy atom. The van der Waals surface area contributed by atoms with E-state index in [9.17, 15) is 9.59 Å². The quantitative estimate of drug-likeness (QED) is 0.382. The Balaban J connectivity index is 1.44. The average molecular weight is 494 g/mol. The molecule has 2 N–H and O–H groups in total. The van der Waals surface area contributed by atoms with E-state index in [-0.39, 0.29) is 31.4 Å². The molecule has 0 unspecified atom stereocenters. The molecule has 0 saturated carbocycles. The summed E-state index contributed by atoms with van der Waals surface area (Å²) < 4.78 is 7.70. The summed E-state index contributed by atoms with van der Waals surface area (Å²) in [5, 5.41) is 13.5. The van der Waals surface area contributed by atoms with Crippen LogP contribution in [-0.2, 0) is 11.3 Å². The third-order valence-corrected chi connectivity index (χ3v) is 5.53. The predicted molar refractivity (Wildman–Crippen MR) is 109 cm³/mol. The third kappa shape index (κ3) is 4.74. The fourth-order valence-electron chi connectivity index (χ4n) is 2.49. The lowest BCUT2D eigenvalue weighted by Gasteiger charge is -2.07. The summed E-state index contributed by atoms with van der Waals surface area (Å²) in [4.78, 5) is 28.2. The van der Waals surface area contributed by atoms with Crippen LogP contribution in [0, 0.1) is 17.4 Å². The zero-order chi connectivity index (χ0) is 20.1. The number of hydrogen-bond acceptors (Lipinski definition) is 6. The summed E-state index contributed by atoms with van der Waals surface area (Å²) in [6.07, 6.45) is 0. The number of carbonyl (C=O) groups excluding carboxylic acids is 2. The van der Waals surface area contributed by atoms with Crippen LogP contribution < -0.4 is 10.6 Å². The number of aryl methyl sites for hydroxylation is 1. The summed E-state index contributed by atoms with van der Waals surface area (Å²) in [5.74, 6) is -0.446. The number of halogens is 1. The van der Waals surface area contributed by atoms with Crippen molar-refractivity contribution in [1.82, 2.24) is 30.6 Å². The van der Waals surface area contributed by atoms with Gasteiger partial charge in [0.15, 0.2) is 0 Å². The summed E-state index contributed by atoms with van der Waals surface area (Å²) in [6, 6.07) is 9.22. The highest BCUT2D eigenvalue weighted by atomic mass is 127. The lowest BCUT2D eigenvalue weighted by atomic mass is 10.2. The van der Waals surface area contributed by atoms with Gasteiger partial charge in [0.05, 0.1) is 9.26 Å². The Morgan fingerprint density at radius 1 is 1.14 bits per heavy atom. The molecule has 0 saturated heterocycles. The molecule has 3 rings (SSSR count). The molecule has 146 valence electrons. The number of amides is 2. The molecule has 9 nitrogen and oxygen atoms in total. The van der Waals surface area contributed by atoms with E-state index < -0.39 is 5.91 Å². The number of nitrogens with zero attached hydrogens (tertiary/aromatic N) is 4. The Kier molecular flexibility index (Phi) is 6.39. The van der Waals surface area contributed by atoms with Gasteiger partial charge in [-0.05, 0) is 36.4 Å². The van der Waals surface area contributed by atoms with Crippen LogP contribution in [0.1, 0.15) is 22.1 Å². The lowest BCUT2D eigenvalue weighted by molar-refractivity contribution is -0.121. The molecule has 3 aromatic rings. The molecular weight excluding hydrogens is 475 g/mol. The largest absolute Gasteiger partial charge is 0.353 e. The number of aromatic nitrogens is 4. The number of hydrogen-bond donors (Lipinski definition) is 2. The average Bonchev–Trinajstić information content (AvgIpc) is 3.28. The van der Waals surface area contributed by atoms with E-state index in [1.165, 1.54) is 0 Å². The molecule has 28 heavy (non-hydrogen) atoms. The summed E-state index contributed by atoms with van der Waals surface area (Å²) in [6.45, 7) is 4.47. The SMILES string of the molecule is Cc1nn(CC(=O)NCCNC(=O)c2nc(-c3ccccc3)no2)c(C)c1I. The minimum Gasteiger partial charge on any atom is -0.353 e. The molecule has 0 fully saturated rings. The van der Waals surface area contributed by atoms with Crippen molar-refractivity contribution in [3.8, 4) is 11.4 Å². The van der Waals surface area contributed by atoms with Gasteiger partial charge in [-0.3, -0.25) is 14.3 Å². The molecule has 0 aliphatic rings. The monoisotopic (exact) mass is 494 g/mol. The van der Waals surface area contributed by atoms with Crippen LogP contribution >= 0.6 is 22.6 Å². The van der Waals surface area contributed by atoms with Gasteiger partial charge in [0, 0.05) is 24.3 Å². The number of nitrogens with one attached hydrogen (secondary N) is 2. The predicted octanol–water partition coefficient (Wildman–Crippen LogP) is 1.70. The molecule has 0 bridgehead atoms. The van der Waals surface area contributed by atoms with Crippen LogP contribution in [0.15, 0.2) is 34.9 Å². The number of benzene rings is 1. The van der Waals surface area contributed by atoms with E-state index in [0.29, 0.717) is 5.82 Å². The van der Waals surface area contributed by atoms with Gasteiger partial charge < -0.3 is 15.2 Å². The van der Waals surface area contributed by atoms with Crippen molar-refractivity contribution >= 4 is 34.4 Å². The van der Waals surface area contributed by atoms with Gasteiger partial charge in [0.2, 0.25) is 11.7 Å². The summed E-state index contributed by atoms with van der Waals surface area (Å²) in [7, 11) is 0. The normalized spacial score (nSPS) is 10.7. The maximum Gasteiger partial charge on any atom is 0.316 e. The van der Waals surface area contributed by atoms with E-state index in [4.69, 9.17) is 4.52 Å². The minimum atomic E-state index is -0.489. The highest BCUT2D eigenvalue weighted by molar-refractivity contribution is 14.1. The Hall–Kier alpha value is -2.76. The van der Waals surface area contributed by atoms with E-state index >= 15 is 0 Å². The van der Waals surface area contributed by atoms with Crippen LogP contribution in [-0.4, -0.2) is 44.8 Å². The van der Waals surface area contributed by atoms with Crippen LogP contribution in [0.5, 0.6) is 0 Å². The third-order valence-electron chi connectivity index (χ3n) is 3.97. The maximum absolute atomic E-state index is 12.1. The van der Waals surface area contributed by atoms with Crippen molar-refractivity contribution < 1.29 is 14.1 Å². The standard InChI is InChI=1S/C18H19IN6O3/c1-11-15(19)12(2)25(23-11)10-14(26)20-8-9-21-17(27)18-22-16(24-28-18)13-6-4-3-5-7-13/h3-7H,8-10H2,1-2H3,(H,20,26)(H,21,27). The zero-order valence-corrected chi connectivity index (χ0v) is 17.6. The smallest absolute Gasteiger partial charge is 0.316 e. The first-order valence-corrected chi connectivity index (χ1v) is 9.67. The molecule has 2 amide bonds. The Labute approximate surface area is 175 Å². The fraction of sp³-hybridized carbons (Fsp3) is 0.278. The molecule has 10 heteroatoms. The van der Waals surface area contributed by atoms with Crippen LogP contribution in [0.25, 0.3) is 11.4 Å². The van der Waals surface area contributed by atoms with Crippen LogP contribution in [0.2, 0.25) is 0 Å². The van der Waals surface area contributed by atoms with Crippen LogP contribution in [0.3, 0.4) is 0 Å². The van der Waals surface area contributed by atoms with Gasteiger partial charge in [-0.25, -0.2) is 0 Å². The van der Waals surface area contributed by atoms with Crippen molar-refractivity contribution in [3.63, 3.8) is 0 Å². The highest BCUT2D eigenvalue weighted by Gasteiger charge is 2.16. The van der Waals surface area contributed by atoms with Gasteiger partial charge in [0.1, 0.15) is 6.54 Å². The summed E-state index contributed by atoms with van der Waals surface area (Å²) >= 11 is 2.21. The molecule has 0 radical (unpaired) electrons. The molecule has 0 aliphatic carbocycles. The highest BCUT2D eigenvalue weighted by Crippen LogP contribution is 2.15. The van der Waals surface area contributed by atoms with Crippen molar-refractivity contribution in [2.45, 2.75) is 20.4 Å². The first-order chi connectivity index (χ1) is 13.5. The van der Waals surface area contributed by atoms with Gasteiger partial charge >= 0.3 is 11.8 Å². The van der Waals surface area contributed by atoms with Crippen molar-refractivity contribution in [1.29, 1.82) is 0 Å². The van der Waals surface area contributed by atoms with E-state index in [1.54, 1.807) is 4.68 Å². The lowest BCUT2D eigenvalue weighted by Crippen LogP contribution is -2.36. The minimum absolute atomic E-state index is 0.123. The Bertz CT molecular complexity index is 983. The molecule has 2 heterocycles. The fourth-order valence-corrected chi connectivity index (χ4v) is 2.88. The second-order valence-corrected chi connectivity index (χ2v) is 7.12. The molecule has 1 aromatic carbocycles. The maximum atomic E-state index is 12.1. The van der Waals surface area contributed by atoms with E-state index in [2.05, 4.69) is 48.5 Å². The number of carbonyl (C=O) groups is 2. The first-order valence-electron chi connectivity index (χ1n) is 8.59. The Morgan fingerprint density at radius 2 is 1.86 bits per heavy atom. The topological polar surface area (TPSA) is 115 Å². The molecule has 2 aromatic heterocycles. The van der Waals surface area contributed by atoms with Crippen molar-refractivity contribution in [2.75, 3.05) is 13.1 Å². The second kappa shape index (κ2) is 8.95. The van der Waals surface area contributed by atoms with Gasteiger partial charge in [-0.2, -0.15) is 10.1 Å². The van der Waals surface area contributed by atoms with Crippen molar-refractivity contribution in [2.24, 2.45) is 0 Å². The van der Waals surface area contributed by atoms with E-state index in [1.807, 2.05) is 44.2 Å². The van der Waals surface area contributed by atoms with Crippen LogP contribution in [0.4, 0.5) is 0 Å². The molecule has 0 atom stereocenters. The van der Waals surface area contributed by atoms with Gasteiger partial charge in [0.25, 0.3) is 0 Å². The molecule has 0 aliphatic heterocycles. The summed E-state index contributed by atoms with van der Waals surface area (Å²) in [5.41, 5.74) is 2.61. The van der Waals surface area contributed by atoms with Gasteiger partial charge in [-0.1, -0.05) is 35.5 Å². The van der Waals surface area contributed by atoms with Crippen molar-refractivity contribution in [3.05, 3.63) is 51.2 Å². The molecular formula is C18H19IN6O3. The number of rotatable bonds is 7. The molecule has 0 spiro atoms.